The highest BCUT2D eigenvalue weighted by molar-refractivity contribution is 5.59. The average molecular weight is 377 g/mol. The third-order valence-electron chi connectivity index (χ3n) is 4.52. The normalized spacial score (nSPS) is 11.0. The summed E-state index contributed by atoms with van der Waals surface area (Å²) in [6.45, 7) is 2.12. The zero-order valence-electron chi connectivity index (χ0n) is 16.5. The van der Waals surface area contributed by atoms with Crippen molar-refractivity contribution in [1.29, 1.82) is 0 Å². The number of hydrogen-bond donors (Lipinski definition) is 1. The van der Waals surface area contributed by atoms with Gasteiger partial charge in [0.1, 0.15) is 0 Å². The van der Waals surface area contributed by atoms with Crippen molar-refractivity contribution in [3.8, 4) is 11.3 Å². The number of likely N-dealkylation sites (N-methyl/N-ethyl adjacent to an activating group) is 1. The van der Waals surface area contributed by atoms with Gasteiger partial charge in [0.05, 0.1) is 5.69 Å². The van der Waals surface area contributed by atoms with Crippen molar-refractivity contribution in [1.82, 2.24) is 19.4 Å². The standard InChI is InChI=1S/C22H27N5O/c1-26(2)15-16-27-21(28)17-20(19-10-13-23-14-11-19)25-22(27)24-12-6-9-18-7-4-3-5-8-18/h3-5,7-8,10-11,13-14,17H,6,9,12,15-16H2,1-2H3,(H,24,25). The maximum atomic E-state index is 12.7. The smallest absolute Gasteiger partial charge is 0.255 e. The first-order valence-electron chi connectivity index (χ1n) is 9.58. The minimum Gasteiger partial charge on any atom is -0.356 e. The monoisotopic (exact) mass is 377 g/mol. The van der Waals surface area contributed by atoms with Gasteiger partial charge in [-0.2, -0.15) is 0 Å². The van der Waals surface area contributed by atoms with Crippen LogP contribution in [-0.4, -0.2) is 46.6 Å². The second-order valence-corrected chi connectivity index (χ2v) is 7.01. The molecule has 0 atom stereocenters. The van der Waals surface area contributed by atoms with Gasteiger partial charge in [0.2, 0.25) is 5.95 Å². The molecule has 2 aromatic heterocycles. The van der Waals surface area contributed by atoms with E-state index in [0.717, 1.165) is 31.5 Å². The zero-order chi connectivity index (χ0) is 19.8. The number of aromatic nitrogens is 3. The largest absolute Gasteiger partial charge is 0.356 e. The number of aryl methyl sites for hydroxylation is 1. The van der Waals surface area contributed by atoms with Crippen LogP contribution in [0.25, 0.3) is 11.3 Å². The van der Waals surface area contributed by atoms with Crippen LogP contribution in [-0.2, 0) is 13.0 Å². The lowest BCUT2D eigenvalue weighted by molar-refractivity contribution is 0.381. The molecule has 0 aliphatic carbocycles. The van der Waals surface area contributed by atoms with Gasteiger partial charge in [-0.25, -0.2) is 4.98 Å². The highest BCUT2D eigenvalue weighted by Gasteiger charge is 2.10. The first-order valence-corrected chi connectivity index (χ1v) is 9.58. The van der Waals surface area contributed by atoms with Crippen molar-refractivity contribution in [3.63, 3.8) is 0 Å². The lowest BCUT2D eigenvalue weighted by Crippen LogP contribution is -2.29. The van der Waals surface area contributed by atoms with Crippen LogP contribution in [0.1, 0.15) is 12.0 Å². The summed E-state index contributed by atoms with van der Waals surface area (Å²) in [5.41, 5.74) is 2.82. The number of pyridine rings is 1. The van der Waals surface area contributed by atoms with E-state index in [9.17, 15) is 4.79 Å². The molecule has 1 N–H and O–H groups in total. The van der Waals surface area contributed by atoms with Gasteiger partial charge in [0, 0.05) is 43.7 Å². The Kier molecular flexibility index (Phi) is 6.92. The maximum absolute atomic E-state index is 12.7. The van der Waals surface area contributed by atoms with Crippen LogP contribution < -0.4 is 10.9 Å². The summed E-state index contributed by atoms with van der Waals surface area (Å²) in [4.78, 5) is 23.6. The van der Waals surface area contributed by atoms with E-state index in [-0.39, 0.29) is 5.56 Å². The first kappa shape index (κ1) is 19.8. The van der Waals surface area contributed by atoms with E-state index in [1.165, 1.54) is 5.56 Å². The molecule has 146 valence electrons. The van der Waals surface area contributed by atoms with Gasteiger partial charge < -0.3 is 10.2 Å². The van der Waals surface area contributed by atoms with E-state index in [4.69, 9.17) is 4.98 Å². The van der Waals surface area contributed by atoms with E-state index >= 15 is 0 Å². The first-order chi connectivity index (χ1) is 13.6. The zero-order valence-corrected chi connectivity index (χ0v) is 16.5. The molecular formula is C22H27N5O. The third kappa shape index (κ3) is 5.50. The van der Waals surface area contributed by atoms with Crippen LogP contribution in [0.4, 0.5) is 5.95 Å². The fourth-order valence-electron chi connectivity index (χ4n) is 2.96. The molecule has 1 aromatic carbocycles. The van der Waals surface area contributed by atoms with Crippen molar-refractivity contribution >= 4 is 5.95 Å². The van der Waals surface area contributed by atoms with Crippen molar-refractivity contribution in [2.45, 2.75) is 19.4 Å². The van der Waals surface area contributed by atoms with Gasteiger partial charge in [-0.05, 0) is 44.6 Å². The van der Waals surface area contributed by atoms with Crippen LogP contribution in [0.15, 0.2) is 65.7 Å². The average Bonchev–Trinajstić information content (AvgIpc) is 2.71. The Morgan fingerprint density at radius 3 is 2.54 bits per heavy atom. The minimum atomic E-state index is -0.0470. The SMILES string of the molecule is CN(C)CCn1c(NCCCc2ccccc2)nc(-c2ccncc2)cc1=O. The van der Waals surface area contributed by atoms with Crippen LogP contribution in [0.2, 0.25) is 0 Å². The molecule has 0 bridgehead atoms. The molecule has 28 heavy (non-hydrogen) atoms. The molecule has 3 rings (SSSR count). The summed E-state index contributed by atoms with van der Waals surface area (Å²) >= 11 is 0. The Labute approximate surface area is 165 Å². The Morgan fingerprint density at radius 1 is 1.07 bits per heavy atom. The molecular weight excluding hydrogens is 350 g/mol. The van der Waals surface area contributed by atoms with Gasteiger partial charge in [0.25, 0.3) is 5.56 Å². The summed E-state index contributed by atoms with van der Waals surface area (Å²) in [7, 11) is 3.99. The lowest BCUT2D eigenvalue weighted by atomic mass is 10.1. The fraction of sp³-hybridized carbons (Fsp3) is 0.318. The predicted molar refractivity (Wildman–Crippen MR) is 114 cm³/mol. The van der Waals surface area contributed by atoms with Crippen molar-refractivity contribution in [2.75, 3.05) is 32.5 Å². The Balaban J connectivity index is 1.76. The van der Waals surface area contributed by atoms with Gasteiger partial charge >= 0.3 is 0 Å². The molecule has 0 fully saturated rings. The lowest BCUT2D eigenvalue weighted by Gasteiger charge is -2.17. The van der Waals surface area contributed by atoms with Gasteiger partial charge in [-0.1, -0.05) is 30.3 Å². The molecule has 6 heteroatoms. The molecule has 0 unspecified atom stereocenters. The summed E-state index contributed by atoms with van der Waals surface area (Å²) in [6.07, 6.45) is 5.37. The highest BCUT2D eigenvalue weighted by atomic mass is 16.1. The molecule has 2 heterocycles. The van der Waals surface area contributed by atoms with E-state index in [1.807, 2.05) is 32.3 Å². The number of hydrogen-bond acceptors (Lipinski definition) is 5. The predicted octanol–water partition coefficient (Wildman–Crippen LogP) is 2.91. The molecule has 6 nitrogen and oxygen atoms in total. The Bertz CT molecular complexity index is 923. The second-order valence-electron chi connectivity index (χ2n) is 7.01. The van der Waals surface area contributed by atoms with Gasteiger partial charge in [-0.15, -0.1) is 0 Å². The molecule has 0 radical (unpaired) electrons. The van der Waals surface area contributed by atoms with E-state index in [0.29, 0.717) is 18.2 Å². The van der Waals surface area contributed by atoms with E-state index in [2.05, 4.69) is 39.5 Å². The summed E-state index contributed by atoms with van der Waals surface area (Å²) in [5, 5.41) is 3.38. The molecule has 0 aliphatic rings. The molecule has 3 aromatic rings. The number of benzene rings is 1. The highest BCUT2D eigenvalue weighted by Crippen LogP contribution is 2.16. The Hall–Kier alpha value is -2.99. The van der Waals surface area contributed by atoms with Crippen molar-refractivity contribution in [2.24, 2.45) is 0 Å². The van der Waals surface area contributed by atoms with Crippen molar-refractivity contribution in [3.05, 3.63) is 76.8 Å². The van der Waals surface area contributed by atoms with Crippen LogP contribution >= 0.6 is 0 Å². The molecule has 0 aliphatic heterocycles. The van der Waals surface area contributed by atoms with Gasteiger partial charge in [0.15, 0.2) is 0 Å². The van der Waals surface area contributed by atoms with E-state index in [1.54, 1.807) is 23.0 Å². The minimum absolute atomic E-state index is 0.0470. The topological polar surface area (TPSA) is 63.1 Å². The quantitative estimate of drug-likeness (QED) is 0.581. The maximum Gasteiger partial charge on any atom is 0.255 e. The molecule has 0 spiro atoms. The summed E-state index contributed by atoms with van der Waals surface area (Å²) in [6, 6.07) is 15.7. The van der Waals surface area contributed by atoms with Crippen LogP contribution in [0.3, 0.4) is 0 Å². The van der Waals surface area contributed by atoms with Gasteiger partial charge in [-0.3, -0.25) is 14.3 Å². The van der Waals surface area contributed by atoms with Crippen LogP contribution in [0.5, 0.6) is 0 Å². The summed E-state index contributed by atoms with van der Waals surface area (Å²) < 4.78 is 1.72. The Morgan fingerprint density at radius 2 is 1.82 bits per heavy atom. The molecule has 0 amide bonds. The fourth-order valence-corrected chi connectivity index (χ4v) is 2.96. The van der Waals surface area contributed by atoms with Crippen LogP contribution in [0, 0.1) is 0 Å². The third-order valence-corrected chi connectivity index (χ3v) is 4.52. The molecule has 0 saturated heterocycles. The second kappa shape index (κ2) is 9.80. The molecule has 0 saturated carbocycles. The number of nitrogens with zero attached hydrogens (tertiary/aromatic N) is 4. The van der Waals surface area contributed by atoms with Crippen molar-refractivity contribution < 1.29 is 0 Å². The number of anilines is 1. The number of rotatable bonds is 9. The van der Waals surface area contributed by atoms with E-state index < -0.39 is 0 Å². The summed E-state index contributed by atoms with van der Waals surface area (Å²) in [5.74, 6) is 0.620. The number of nitrogens with one attached hydrogen (secondary N) is 1.